The molecule has 2 aromatic rings. The number of nitrogens with one attached hydrogen (secondary N) is 2. The van der Waals surface area contributed by atoms with Gasteiger partial charge >= 0.3 is 0 Å². The molecule has 0 saturated carbocycles. The van der Waals surface area contributed by atoms with Crippen molar-refractivity contribution in [3.05, 3.63) is 57.8 Å². The molecule has 0 aliphatic heterocycles. The fourth-order valence-corrected chi connectivity index (χ4v) is 1.74. The monoisotopic (exact) mass is 292 g/mol. The lowest BCUT2D eigenvalue weighted by atomic mass is 10.1. The molecule has 0 aliphatic carbocycles. The molecule has 0 radical (unpaired) electrons. The Balaban J connectivity index is 2.33. The largest absolute Gasteiger partial charge is 0.389 e. The first-order valence-electron chi connectivity index (χ1n) is 5.44. The summed E-state index contributed by atoms with van der Waals surface area (Å²) in [5.41, 5.74) is 5.05. The molecule has 1 amide bonds. The van der Waals surface area contributed by atoms with Crippen molar-refractivity contribution in [1.82, 2.24) is 10.2 Å². The van der Waals surface area contributed by atoms with Gasteiger partial charge in [0.15, 0.2) is 0 Å². The first kappa shape index (κ1) is 13.8. The average molecular weight is 292 g/mol. The fraction of sp³-hybridized carbons (Fsp3) is 0. The molecular formula is C12H9FN4O2S. The number of nitrogens with two attached hydrogens (primary N) is 1. The first-order valence-corrected chi connectivity index (χ1v) is 5.85. The summed E-state index contributed by atoms with van der Waals surface area (Å²) in [6.07, 6.45) is 0. The van der Waals surface area contributed by atoms with Crippen molar-refractivity contribution >= 4 is 28.8 Å². The highest BCUT2D eigenvalue weighted by Crippen LogP contribution is 2.19. The number of nitrogens with zero attached hydrogens (tertiary/aromatic N) is 1. The molecule has 0 fully saturated rings. The zero-order valence-corrected chi connectivity index (χ0v) is 10.8. The van der Waals surface area contributed by atoms with Crippen LogP contribution in [0.5, 0.6) is 0 Å². The molecule has 20 heavy (non-hydrogen) atoms. The molecule has 0 aliphatic rings. The van der Waals surface area contributed by atoms with Crippen LogP contribution < -0.4 is 16.6 Å². The lowest BCUT2D eigenvalue weighted by molar-refractivity contribution is 0.102. The normalized spacial score (nSPS) is 10.1. The van der Waals surface area contributed by atoms with Crippen LogP contribution in [-0.4, -0.2) is 21.1 Å². The van der Waals surface area contributed by atoms with E-state index in [4.69, 9.17) is 18.0 Å². The Bertz CT molecular complexity index is 724. The summed E-state index contributed by atoms with van der Waals surface area (Å²) in [5, 5.41) is 8.13. The lowest BCUT2D eigenvalue weighted by Crippen LogP contribution is -2.21. The summed E-state index contributed by atoms with van der Waals surface area (Å²) in [6.45, 7) is 0. The van der Waals surface area contributed by atoms with Crippen LogP contribution in [0, 0.1) is 5.82 Å². The minimum absolute atomic E-state index is 0.0252. The molecular weight excluding hydrogens is 283 g/mol. The zero-order chi connectivity index (χ0) is 14.7. The molecule has 0 unspecified atom stereocenters. The van der Waals surface area contributed by atoms with Gasteiger partial charge in [0.25, 0.3) is 11.5 Å². The summed E-state index contributed by atoms with van der Waals surface area (Å²) >= 11 is 4.75. The van der Waals surface area contributed by atoms with Crippen molar-refractivity contribution in [1.29, 1.82) is 0 Å². The molecule has 1 aromatic carbocycles. The smallest absolute Gasteiger partial charge is 0.276 e. The molecule has 0 saturated heterocycles. The van der Waals surface area contributed by atoms with Gasteiger partial charge in [0, 0.05) is 6.07 Å². The number of H-pyrrole nitrogens is 1. The molecule has 4 N–H and O–H groups in total. The molecule has 1 aromatic heterocycles. The highest BCUT2D eigenvalue weighted by molar-refractivity contribution is 7.80. The second kappa shape index (κ2) is 5.57. The van der Waals surface area contributed by atoms with Crippen LogP contribution in [0.25, 0.3) is 0 Å². The maximum absolute atomic E-state index is 13.6. The number of thiocarbonyl (C=S) groups is 1. The number of hydrogen-bond donors (Lipinski definition) is 3. The standard InChI is InChI=1S/C12H9FN4O2S/c13-6-2-1-3-7(10(6)11(14)20)15-12(19)8-4-5-9(18)17-16-8/h1-5H,(H2,14,20)(H,15,19)(H,17,18). The Morgan fingerprint density at radius 1 is 1.35 bits per heavy atom. The van der Waals surface area contributed by atoms with Gasteiger partial charge in [-0.3, -0.25) is 9.59 Å². The Hall–Kier alpha value is -2.61. The van der Waals surface area contributed by atoms with Crippen LogP contribution in [-0.2, 0) is 0 Å². The number of carbonyl (C=O) groups excluding carboxylic acids is 1. The molecule has 0 bridgehead atoms. The van der Waals surface area contributed by atoms with Gasteiger partial charge in [-0.15, -0.1) is 0 Å². The highest BCUT2D eigenvalue weighted by atomic mass is 32.1. The molecule has 0 atom stereocenters. The third-order valence-corrected chi connectivity index (χ3v) is 2.62. The quantitative estimate of drug-likeness (QED) is 0.726. The van der Waals surface area contributed by atoms with Crippen molar-refractivity contribution in [2.75, 3.05) is 5.32 Å². The second-order valence-electron chi connectivity index (χ2n) is 3.79. The van der Waals surface area contributed by atoms with E-state index in [1.807, 2.05) is 0 Å². The van der Waals surface area contributed by atoms with Gasteiger partial charge in [0.05, 0.1) is 11.3 Å². The predicted octanol–water partition coefficient (Wildman–Crippen LogP) is 0.796. The number of anilines is 1. The van der Waals surface area contributed by atoms with Crippen molar-refractivity contribution in [2.45, 2.75) is 0 Å². The number of benzene rings is 1. The number of halogens is 1. The Labute approximate surface area is 117 Å². The number of rotatable bonds is 3. The van der Waals surface area contributed by atoms with Gasteiger partial charge < -0.3 is 11.1 Å². The topological polar surface area (TPSA) is 101 Å². The van der Waals surface area contributed by atoms with Gasteiger partial charge in [-0.25, -0.2) is 9.49 Å². The SMILES string of the molecule is NC(=S)c1c(F)cccc1NC(=O)c1ccc(=O)[nH]n1. The molecule has 0 spiro atoms. The number of aromatic nitrogens is 2. The lowest BCUT2D eigenvalue weighted by Gasteiger charge is -2.10. The van der Waals surface area contributed by atoms with Crippen LogP contribution in [0.4, 0.5) is 10.1 Å². The van der Waals surface area contributed by atoms with Gasteiger partial charge in [0.2, 0.25) is 0 Å². The van der Waals surface area contributed by atoms with Gasteiger partial charge in [-0.1, -0.05) is 18.3 Å². The minimum atomic E-state index is -0.635. The number of aromatic amines is 1. The van der Waals surface area contributed by atoms with E-state index in [9.17, 15) is 14.0 Å². The second-order valence-corrected chi connectivity index (χ2v) is 4.23. The van der Waals surface area contributed by atoms with Gasteiger partial charge in [0.1, 0.15) is 16.5 Å². The molecule has 2 rings (SSSR count). The maximum atomic E-state index is 13.6. The van der Waals surface area contributed by atoms with E-state index >= 15 is 0 Å². The summed E-state index contributed by atoms with van der Waals surface area (Å²) in [4.78, 5) is 22.6. The van der Waals surface area contributed by atoms with Crippen molar-refractivity contribution in [2.24, 2.45) is 5.73 Å². The Morgan fingerprint density at radius 3 is 2.70 bits per heavy atom. The number of carbonyl (C=O) groups is 1. The van der Waals surface area contributed by atoms with E-state index in [2.05, 4.69) is 15.5 Å². The summed E-state index contributed by atoms with van der Waals surface area (Å²) in [6, 6.07) is 6.45. The van der Waals surface area contributed by atoms with Crippen LogP contribution in [0.3, 0.4) is 0 Å². The average Bonchev–Trinajstić information content (AvgIpc) is 2.39. The van der Waals surface area contributed by atoms with Crippen molar-refractivity contribution in [3.8, 4) is 0 Å². The minimum Gasteiger partial charge on any atom is -0.389 e. The molecule has 102 valence electrons. The first-order chi connectivity index (χ1) is 9.49. The molecule has 6 nitrogen and oxygen atoms in total. The number of amides is 1. The van der Waals surface area contributed by atoms with Crippen LogP contribution in [0.2, 0.25) is 0 Å². The summed E-state index contributed by atoms with van der Waals surface area (Å²) in [7, 11) is 0. The number of hydrogen-bond acceptors (Lipinski definition) is 4. The van der Waals surface area contributed by atoms with E-state index in [1.54, 1.807) is 0 Å². The van der Waals surface area contributed by atoms with E-state index < -0.39 is 17.3 Å². The van der Waals surface area contributed by atoms with E-state index in [-0.39, 0.29) is 21.9 Å². The third-order valence-electron chi connectivity index (χ3n) is 2.42. The van der Waals surface area contributed by atoms with Crippen LogP contribution in [0.15, 0.2) is 35.1 Å². The predicted molar refractivity (Wildman–Crippen MR) is 75.1 cm³/mol. The zero-order valence-electron chi connectivity index (χ0n) is 10.0. The maximum Gasteiger partial charge on any atom is 0.276 e. The van der Waals surface area contributed by atoms with Crippen molar-refractivity contribution in [3.63, 3.8) is 0 Å². The van der Waals surface area contributed by atoms with E-state index in [1.165, 1.54) is 24.3 Å². The van der Waals surface area contributed by atoms with Crippen LogP contribution >= 0.6 is 12.2 Å². The molecule has 8 heteroatoms. The van der Waals surface area contributed by atoms with Crippen LogP contribution in [0.1, 0.15) is 16.1 Å². The van der Waals surface area contributed by atoms with Crippen molar-refractivity contribution < 1.29 is 9.18 Å². The van der Waals surface area contributed by atoms with E-state index in [0.29, 0.717) is 0 Å². The molecule has 1 heterocycles. The van der Waals surface area contributed by atoms with Gasteiger partial charge in [-0.05, 0) is 18.2 Å². The van der Waals surface area contributed by atoms with Gasteiger partial charge in [-0.2, -0.15) is 5.10 Å². The fourth-order valence-electron chi connectivity index (χ4n) is 1.54. The Morgan fingerprint density at radius 2 is 2.10 bits per heavy atom. The summed E-state index contributed by atoms with van der Waals surface area (Å²) in [5.74, 6) is -1.26. The highest BCUT2D eigenvalue weighted by Gasteiger charge is 2.15. The summed E-state index contributed by atoms with van der Waals surface area (Å²) < 4.78 is 13.6. The Kier molecular flexibility index (Phi) is 3.85. The van der Waals surface area contributed by atoms with E-state index in [0.717, 1.165) is 6.07 Å². The third kappa shape index (κ3) is 2.86.